The van der Waals surface area contributed by atoms with Crippen molar-refractivity contribution in [3.8, 4) is 11.5 Å². The van der Waals surface area contributed by atoms with Crippen LogP contribution in [-0.4, -0.2) is 44.3 Å². The van der Waals surface area contributed by atoms with Crippen molar-refractivity contribution < 1.29 is 49.1 Å². The first-order valence-electron chi connectivity index (χ1n) is 13.0. The maximum atomic E-state index is 12.4. The highest BCUT2D eigenvalue weighted by atomic mass is 16.5. The van der Waals surface area contributed by atoms with Gasteiger partial charge in [-0.2, -0.15) is 0 Å². The van der Waals surface area contributed by atoms with E-state index >= 15 is 0 Å². The maximum absolute atomic E-state index is 12.4. The predicted octanol–water partition coefficient (Wildman–Crippen LogP) is 6.45. The van der Waals surface area contributed by atoms with Crippen LogP contribution in [-0.2, 0) is 0 Å². The molecule has 0 heterocycles. The van der Waals surface area contributed by atoms with Gasteiger partial charge in [0.1, 0.15) is 23.7 Å². The third-order valence-electron chi connectivity index (χ3n) is 6.97. The van der Waals surface area contributed by atoms with E-state index in [1.165, 1.54) is 36.4 Å². The normalized spacial score (nSPS) is 12.5. The van der Waals surface area contributed by atoms with Crippen molar-refractivity contribution >= 4 is 23.9 Å². The average molecular weight is 585 g/mol. The van der Waals surface area contributed by atoms with Gasteiger partial charge in [-0.05, 0) is 60.7 Å². The molecule has 220 valence electrons. The summed E-state index contributed by atoms with van der Waals surface area (Å²) in [5, 5.41) is 39.7. The van der Waals surface area contributed by atoms with Crippen LogP contribution in [0.2, 0.25) is 0 Å². The zero-order chi connectivity index (χ0) is 31.3. The highest BCUT2D eigenvalue weighted by Crippen LogP contribution is 2.50. The van der Waals surface area contributed by atoms with Crippen molar-refractivity contribution in [3.05, 3.63) is 130 Å². The van der Waals surface area contributed by atoms with Crippen LogP contribution in [0.15, 0.2) is 97.1 Å². The standard InChI is InChI=1S/C33H28O10/c1-33(2,27(42-21-9-5-3-6-10-21)25-17-19(29(34)35)13-15-23(25)31(38)39)28(43-22-11-7-4-8-12-22)26-18-20(30(36)37)14-16-24(26)32(40)41/h3-18,27-28H,1-2H3,(H,34,35)(H,36,37)(H,38,39)(H,40,41). The second-order valence-corrected chi connectivity index (χ2v) is 10.3. The highest BCUT2D eigenvalue weighted by molar-refractivity contribution is 5.94. The number of hydrogen-bond acceptors (Lipinski definition) is 6. The Hall–Kier alpha value is -5.64. The molecule has 0 spiro atoms. The third kappa shape index (κ3) is 6.65. The first-order chi connectivity index (χ1) is 20.4. The molecule has 0 amide bonds. The Morgan fingerprint density at radius 2 is 0.884 bits per heavy atom. The fourth-order valence-corrected chi connectivity index (χ4v) is 4.85. The van der Waals surface area contributed by atoms with Gasteiger partial charge in [0.2, 0.25) is 0 Å². The molecule has 0 radical (unpaired) electrons. The molecule has 0 aliphatic rings. The van der Waals surface area contributed by atoms with Crippen molar-refractivity contribution in [3.63, 3.8) is 0 Å². The van der Waals surface area contributed by atoms with Gasteiger partial charge in [-0.1, -0.05) is 50.2 Å². The number of rotatable bonds is 12. The van der Waals surface area contributed by atoms with Crippen molar-refractivity contribution in [2.24, 2.45) is 5.41 Å². The SMILES string of the molecule is CC(C)(C(Oc1ccccc1)c1cc(C(=O)O)ccc1C(=O)O)C(Oc1ccccc1)c1cc(C(=O)O)ccc1C(=O)O. The van der Waals surface area contributed by atoms with Gasteiger partial charge in [0.15, 0.2) is 0 Å². The van der Waals surface area contributed by atoms with E-state index in [2.05, 4.69) is 0 Å². The lowest BCUT2D eigenvalue weighted by Gasteiger charge is -2.42. The summed E-state index contributed by atoms with van der Waals surface area (Å²) in [6.45, 7) is 3.29. The highest BCUT2D eigenvalue weighted by Gasteiger charge is 2.46. The summed E-state index contributed by atoms with van der Waals surface area (Å²) in [5.41, 5.74) is -2.28. The van der Waals surface area contributed by atoms with Crippen molar-refractivity contribution in [2.45, 2.75) is 26.1 Å². The van der Waals surface area contributed by atoms with Crippen molar-refractivity contribution in [2.75, 3.05) is 0 Å². The van der Waals surface area contributed by atoms with Crippen LogP contribution in [0.5, 0.6) is 11.5 Å². The molecule has 0 bridgehead atoms. The van der Waals surface area contributed by atoms with E-state index in [9.17, 15) is 39.6 Å². The largest absolute Gasteiger partial charge is 0.485 e. The van der Waals surface area contributed by atoms with E-state index in [4.69, 9.17) is 9.47 Å². The summed E-state index contributed by atoms with van der Waals surface area (Å²) in [6.07, 6.45) is -2.52. The van der Waals surface area contributed by atoms with Crippen LogP contribution >= 0.6 is 0 Å². The van der Waals surface area contributed by atoms with Crippen LogP contribution in [0.4, 0.5) is 0 Å². The van der Waals surface area contributed by atoms with Gasteiger partial charge in [0, 0.05) is 16.5 Å². The fraction of sp³-hybridized carbons (Fsp3) is 0.152. The maximum Gasteiger partial charge on any atom is 0.336 e. The number of aromatic carboxylic acids is 4. The van der Waals surface area contributed by atoms with Gasteiger partial charge in [0.25, 0.3) is 0 Å². The summed E-state index contributed by atoms with van der Waals surface area (Å²) in [6, 6.07) is 23.9. The molecule has 0 aromatic heterocycles. The first-order valence-corrected chi connectivity index (χ1v) is 13.0. The first kappa shape index (κ1) is 30.3. The van der Waals surface area contributed by atoms with Crippen LogP contribution in [0.3, 0.4) is 0 Å². The van der Waals surface area contributed by atoms with Crippen molar-refractivity contribution in [1.82, 2.24) is 0 Å². The Balaban J connectivity index is 2.04. The van der Waals surface area contributed by atoms with E-state index in [0.29, 0.717) is 11.5 Å². The van der Waals surface area contributed by atoms with E-state index < -0.39 is 41.5 Å². The Kier molecular flexibility index (Phi) is 8.80. The number of hydrogen-bond donors (Lipinski definition) is 4. The zero-order valence-corrected chi connectivity index (χ0v) is 23.1. The second kappa shape index (κ2) is 12.5. The Labute approximate surface area is 246 Å². The Morgan fingerprint density at radius 1 is 0.535 bits per heavy atom. The molecule has 0 aliphatic heterocycles. The summed E-state index contributed by atoms with van der Waals surface area (Å²) in [5.74, 6) is -4.65. The van der Waals surface area contributed by atoms with Gasteiger partial charge in [-0.15, -0.1) is 0 Å². The molecule has 43 heavy (non-hydrogen) atoms. The molecule has 4 N–H and O–H groups in total. The molecular formula is C33H28O10. The summed E-state index contributed by atoms with van der Waals surface area (Å²) >= 11 is 0. The van der Waals surface area contributed by atoms with Crippen LogP contribution in [0.25, 0.3) is 0 Å². The van der Waals surface area contributed by atoms with Gasteiger partial charge in [-0.3, -0.25) is 0 Å². The molecule has 0 fully saturated rings. The molecule has 4 rings (SSSR count). The number of carboxylic acids is 4. The summed E-state index contributed by atoms with van der Waals surface area (Å²) in [7, 11) is 0. The molecule has 2 unspecified atom stereocenters. The zero-order valence-electron chi connectivity index (χ0n) is 23.1. The number of carboxylic acid groups (broad SMARTS) is 4. The fourth-order valence-electron chi connectivity index (χ4n) is 4.85. The number of benzene rings is 4. The minimum Gasteiger partial charge on any atom is -0.485 e. The topological polar surface area (TPSA) is 168 Å². The molecular weight excluding hydrogens is 556 g/mol. The molecule has 0 aliphatic carbocycles. The predicted molar refractivity (Wildman–Crippen MR) is 154 cm³/mol. The quantitative estimate of drug-likeness (QED) is 0.145. The lowest BCUT2D eigenvalue weighted by molar-refractivity contribution is -0.0261. The molecule has 2 atom stereocenters. The second-order valence-electron chi connectivity index (χ2n) is 10.3. The molecule has 10 heteroatoms. The van der Waals surface area contributed by atoms with Crippen LogP contribution in [0.1, 0.15) is 78.6 Å². The molecule has 0 saturated carbocycles. The minimum atomic E-state index is -1.39. The molecule has 10 nitrogen and oxygen atoms in total. The molecule has 4 aromatic carbocycles. The van der Waals surface area contributed by atoms with Gasteiger partial charge in [0.05, 0.1) is 22.3 Å². The average Bonchev–Trinajstić information content (AvgIpc) is 2.98. The van der Waals surface area contributed by atoms with Gasteiger partial charge in [-0.25, -0.2) is 19.2 Å². The smallest absolute Gasteiger partial charge is 0.336 e. The van der Waals surface area contributed by atoms with Crippen LogP contribution < -0.4 is 9.47 Å². The number of carbonyl (C=O) groups is 4. The van der Waals surface area contributed by atoms with E-state index in [1.54, 1.807) is 74.5 Å². The van der Waals surface area contributed by atoms with Crippen molar-refractivity contribution in [1.29, 1.82) is 0 Å². The lowest BCUT2D eigenvalue weighted by Crippen LogP contribution is -2.38. The Bertz CT molecular complexity index is 1540. The monoisotopic (exact) mass is 584 g/mol. The molecule has 4 aromatic rings. The van der Waals surface area contributed by atoms with E-state index in [1.807, 2.05) is 0 Å². The lowest BCUT2D eigenvalue weighted by atomic mass is 9.72. The Morgan fingerprint density at radius 3 is 1.19 bits per heavy atom. The van der Waals surface area contributed by atoms with E-state index in [0.717, 1.165) is 0 Å². The van der Waals surface area contributed by atoms with Crippen LogP contribution in [0, 0.1) is 5.41 Å². The molecule has 0 saturated heterocycles. The van der Waals surface area contributed by atoms with E-state index in [-0.39, 0.29) is 33.4 Å². The van der Waals surface area contributed by atoms with Gasteiger partial charge >= 0.3 is 23.9 Å². The third-order valence-corrected chi connectivity index (χ3v) is 6.97. The summed E-state index contributed by atoms with van der Waals surface area (Å²) in [4.78, 5) is 48.7. The van der Waals surface area contributed by atoms with Gasteiger partial charge < -0.3 is 29.9 Å². The number of para-hydroxylation sites is 2. The minimum absolute atomic E-state index is 0.00539. The number of ether oxygens (including phenoxy) is 2. The summed E-state index contributed by atoms with van der Waals surface area (Å²) < 4.78 is 12.8.